The zero-order valence-corrected chi connectivity index (χ0v) is 15.8. The van der Waals surface area contributed by atoms with Crippen molar-refractivity contribution in [1.29, 1.82) is 0 Å². The Morgan fingerprint density at radius 3 is 2.64 bits per heavy atom. The third-order valence-corrected chi connectivity index (χ3v) is 5.52. The van der Waals surface area contributed by atoms with Crippen LogP contribution in [0.25, 0.3) is 10.2 Å². The highest BCUT2D eigenvalue weighted by Crippen LogP contribution is 2.23. The topological polar surface area (TPSA) is 52.0 Å². The number of nitrogens with zero attached hydrogens (tertiary/aromatic N) is 2. The fourth-order valence-electron chi connectivity index (χ4n) is 2.70. The van der Waals surface area contributed by atoms with Crippen molar-refractivity contribution < 1.29 is 4.79 Å². The number of Topliss-reactive ketones (excluding diaryl/α,β-unsaturated/α-hetero) is 1. The van der Waals surface area contributed by atoms with Gasteiger partial charge in [0.05, 0.1) is 5.39 Å². The molecule has 3 rings (SSSR count). The molecule has 0 unspecified atom stereocenters. The Morgan fingerprint density at radius 1 is 1.28 bits per heavy atom. The van der Waals surface area contributed by atoms with Crippen molar-refractivity contribution >= 4 is 38.9 Å². The molecule has 0 atom stereocenters. The lowest BCUT2D eigenvalue weighted by Crippen LogP contribution is -2.26. The van der Waals surface area contributed by atoms with Gasteiger partial charge in [0.15, 0.2) is 0 Å². The van der Waals surface area contributed by atoms with Gasteiger partial charge < -0.3 is 0 Å². The first-order valence-electron chi connectivity index (χ1n) is 8.24. The van der Waals surface area contributed by atoms with Crippen molar-refractivity contribution in [1.82, 2.24) is 9.55 Å². The number of ketones is 1. The molecule has 4 nitrogen and oxygen atoms in total. The summed E-state index contributed by atoms with van der Waals surface area (Å²) >= 11 is 7.51. The number of hydrogen-bond donors (Lipinski definition) is 0. The van der Waals surface area contributed by atoms with Crippen LogP contribution >= 0.6 is 22.9 Å². The molecular weight excluding hydrogens is 356 g/mol. The fourth-order valence-corrected chi connectivity index (χ4v) is 3.80. The van der Waals surface area contributed by atoms with E-state index >= 15 is 0 Å². The van der Waals surface area contributed by atoms with E-state index in [4.69, 9.17) is 16.6 Å². The summed E-state index contributed by atoms with van der Waals surface area (Å²) in [4.78, 5) is 31.0. The highest BCUT2D eigenvalue weighted by molar-refractivity contribution is 7.18. The first-order valence-corrected chi connectivity index (χ1v) is 9.43. The molecule has 6 heteroatoms. The molecule has 0 saturated carbocycles. The number of hydrogen-bond acceptors (Lipinski definition) is 4. The molecule has 0 fully saturated rings. The summed E-state index contributed by atoms with van der Waals surface area (Å²) in [5, 5.41) is 1.32. The number of aromatic nitrogens is 2. The molecule has 1 aromatic carbocycles. The predicted molar refractivity (Wildman–Crippen MR) is 103 cm³/mol. The summed E-state index contributed by atoms with van der Waals surface area (Å²) < 4.78 is 1.64. The van der Waals surface area contributed by atoms with Gasteiger partial charge in [-0.05, 0) is 37.1 Å². The zero-order valence-electron chi connectivity index (χ0n) is 14.2. The number of benzene rings is 1. The number of aryl methyl sites for hydroxylation is 1. The van der Waals surface area contributed by atoms with Gasteiger partial charge in [-0.25, -0.2) is 4.98 Å². The average molecular weight is 375 g/mol. The van der Waals surface area contributed by atoms with Crippen LogP contribution < -0.4 is 5.56 Å². The van der Waals surface area contributed by atoms with Gasteiger partial charge in [-0.15, -0.1) is 11.3 Å². The monoisotopic (exact) mass is 374 g/mol. The Balaban J connectivity index is 2.09. The SMILES string of the molecule is CCc1cc2c(=O)n(CCC(C)=O)c(Cc3ccc(Cl)cc3)nc2s1. The van der Waals surface area contributed by atoms with Crippen molar-refractivity contribution in [3.8, 4) is 0 Å². The van der Waals surface area contributed by atoms with Crippen molar-refractivity contribution in [3.05, 3.63) is 62.0 Å². The van der Waals surface area contributed by atoms with Gasteiger partial charge in [0.25, 0.3) is 5.56 Å². The molecule has 0 aliphatic rings. The summed E-state index contributed by atoms with van der Waals surface area (Å²) in [6, 6.07) is 9.44. The number of fused-ring (bicyclic) bond motifs is 1. The molecule has 0 N–H and O–H groups in total. The number of carbonyl (C=O) groups is 1. The molecule has 0 amide bonds. The Hall–Kier alpha value is -1.98. The highest BCUT2D eigenvalue weighted by Gasteiger charge is 2.14. The van der Waals surface area contributed by atoms with Gasteiger partial charge in [0.2, 0.25) is 0 Å². The number of thiophene rings is 1. The van der Waals surface area contributed by atoms with E-state index in [9.17, 15) is 9.59 Å². The Labute approximate surface area is 155 Å². The first-order chi connectivity index (χ1) is 12.0. The Morgan fingerprint density at radius 2 is 2.00 bits per heavy atom. The minimum atomic E-state index is -0.0637. The minimum absolute atomic E-state index is 0.0593. The second-order valence-corrected chi connectivity index (χ2v) is 7.58. The van der Waals surface area contributed by atoms with Gasteiger partial charge in [0, 0.05) is 29.3 Å². The largest absolute Gasteiger partial charge is 0.300 e. The maximum absolute atomic E-state index is 12.9. The number of rotatable bonds is 6. The predicted octanol–water partition coefficient (Wildman–Crippen LogP) is 4.24. The van der Waals surface area contributed by atoms with Crippen molar-refractivity contribution in [2.45, 2.75) is 39.7 Å². The van der Waals surface area contributed by atoms with Crippen LogP contribution in [0, 0.1) is 0 Å². The lowest BCUT2D eigenvalue weighted by atomic mass is 10.1. The maximum atomic E-state index is 12.9. The smallest absolute Gasteiger partial charge is 0.262 e. The third-order valence-electron chi connectivity index (χ3n) is 4.09. The van der Waals surface area contributed by atoms with Gasteiger partial charge in [-0.2, -0.15) is 0 Å². The Bertz CT molecular complexity index is 973. The zero-order chi connectivity index (χ0) is 18.0. The van der Waals surface area contributed by atoms with E-state index in [0.717, 1.165) is 21.7 Å². The summed E-state index contributed by atoms with van der Waals surface area (Å²) in [5.41, 5.74) is 0.964. The second kappa shape index (κ2) is 7.50. The summed E-state index contributed by atoms with van der Waals surface area (Å²) in [6.07, 6.45) is 1.73. The van der Waals surface area contributed by atoms with E-state index in [0.29, 0.717) is 35.6 Å². The average Bonchev–Trinajstić information content (AvgIpc) is 3.00. The van der Waals surface area contributed by atoms with Crippen LogP contribution in [0.2, 0.25) is 5.02 Å². The van der Waals surface area contributed by atoms with Crippen LogP contribution in [-0.2, 0) is 24.2 Å². The van der Waals surface area contributed by atoms with Crippen LogP contribution in [0.5, 0.6) is 0 Å². The molecule has 0 spiro atoms. The number of carbonyl (C=O) groups excluding carboxylic acids is 1. The molecule has 2 heterocycles. The van der Waals surface area contributed by atoms with E-state index in [-0.39, 0.29) is 11.3 Å². The standard InChI is InChI=1S/C19H19ClN2O2S/c1-3-15-11-16-18(25-15)21-17(10-13-4-6-14(20)7-5-13)22(19(16)24)9-8-12(2)23/h4-7,11H,3,8-10H2,1-2H3. The normalized spacial score (nSPS) is 11.2. The molecule has 130 valence electrons. The lowest BCUT2D eigenvalue weighted by molar-refractivity contribution is -0.117. The van der Waals surface area contributed by atoms with Crippen molar-refractivity contribution in [3.63, 3.8) is 0 Å². The van der Waals surface area contributed by atoms with Gasteiger partial charge in [0.1, 0.15) is 16.4 Å². The number of halogens is 1. The molecule has 25 heavy (non-hydrogen) atoms. The third kappa shape index (κ3) is 3.99. The van der Waals surface area contributed by atoms with E-state index in [1.807, 2.05) is 30.3 Å². The fraction of sp³-hybridized carbons (Fsp3) is 0.316. The van der Waals surface area contributed by atoms with Gasteiger partial charge in [-0.1, -0.05) is 30.7 Å². The molecule has 3 aromatic rings. The summed E-state index contributed by atoms with van der Waals surface area (Å²) in [7, 11) is 0. The van der Waals surface area contributed by atoms with E-state index in [1.54, 1.807) is 15.9 Å². The molecule has 0 bridgehead atoms. The van der Waals surface area contributed by atoms with Crippen molar-refractivity contribution in [2.24, 2.45) is 0 Å². The first kappa shape index (κ1) is 17.8. The van der Waals surface area contributed by atoms with Crippen LogP contribution in [0.15, 0.2) is 35.1 Å². The van der Waals surface area contributed by atoms with Crippen LogP contribution in [0.1, 0.15) is 36.5 Å². The summed E-state index contributed by atoms with van der Waals surface area (Å²) in [6.45, 7) is 3.96. The molecular formula is C19H19ClN2O2S. The lowest BCUT2D eigenvalue weighted by Gasteiger charge is -2.12. The van der Waals surface area contributed by atoms with Gasteiger partial charge in [-0.3, -0.25) is 14.2 Å². The van der Waals surface area contributed by atoms with Crippen LogP contribution in [0.4, 0.5) is 0 Å². The van der Waals surface area contributed by atoms with E-state index in [1.165, 1.54) is 6.92 Å². The maximum Gasteiger partial charge on any atom is 0.262 e. The molecule has 0 radical (unpaired) electrons. The second-order valence-electron chi connectivity index (χ2n) is 6.03. The Kier molecular flexibility index (Phi) is 5.35. The quantitative estimate of drug-likeness (QED) is 0.648. The molecule has 0 aliphatic carbocycles. The summed E-state index contributed by atoms with van der Waals surface area (Å²) in [5.74, 6) is 0.745. The van der Waals surface area contributed by atoms with E-state index in [2.05, 4.69) is 6.92 Å². The highest BCUT2D eigenvalue weighted by atomic mass is 35.5. The minimum Gasteiger partial charge on any atom is -0.300 e. The van der Waals surface area contributed by atoms with Crippen LogP contribution in [-0.4, -0.2) is 15.3 Å². The van der Waals surface area contributed by atoms with Gasteiger partial charge >= 0.3 is 0 Å². The molecule has 2 aromatic heterocycles. The molecule has 0 saturated heterocycles. The molecule has 0 aliphatic heterocycles. The van der Waals surface area contributed by atoms with Crippen molar-refractivity contribution in [2.75, 3.05) is 0 Å². The van der Waals surface area contributed by atoms with E-state index < -0.39 is 0 Å². The van der Waals surface area contributed by atoms with Crippen LogP contribution in [0.3, 0.4) is 0 Å².